The van der Waals surface area contributed by atoms with Crippen LogP contribution in [-0.4, -0.2) is 23.6 Å². The van der Waals surface area contributed by atoms with Crippen LogP contribution >= 0.6 is 0 Å². The van der Waals surface area contributed by atoms with E-state index in [0.717, 1.165) is 6.08 Å². The van der Waals surface area contributed by atoms with Gasteiger partial charge in [0.15, 0.2) is 0 Å². The van der Waals surface area contributed by atoms with Gasteiger partial charge in [0.25, 0.3) is 5.54 Å². The molecule has 0 atom stereocenters. The minimum absolute atomic E-state index is 0.174. The molecule has 0 saturated heterocycles. The lowest BCUT2D eigenvalue weighted by Gasteiger charge is -2.33. The Morgan fingerprint density at radius 2 is 1.08 bits per heavy atom. The van der Waals surface area contributed by atoms with Crippen molar-refractivity contribution >= 4 is 11.3 Å². The SMILES string of the molecule is FC(F)(F)C1(C(F)(F)F)N=C(c2ccccc2)C=C1c1ccccc1. The van der Waals surface area contributed by atoms with Gasteiger partial charge in [0.05, 0.1) is 5.71 Å². The molecule has 1 aliphatic heterocycles. The van der Waals surface area contributed by atoms with E-state index >= 15 is 0 Å². The maximum absolute atomic E-state index is 13.7. The van der Waals surface area contributed by atoms with Crippen molar-refractivity contribution in [2.24, 2.45) is 4.99 Å². The molecule has 1 heterocycles. The molecule has 130 valence electrons. The highest BCUT2D eigenvalue weighted by Gasteiger charge is 2.74. The average molecular weight is 355 g/mol. The number of benzene rings is 2. The van der Waals surface area contributed by atoms with Crippen molar-refractivity contribution in [1.82, 2.24) is 0 Å². The van der Waals surface area contributed by atoms with Gasteiger partial charge in [-0.05, 0) is 17.2 Å². The smallest absolute Gasteiger partial charge is 0.255 e. The van der Waals surface area contributed by atoms with E-state index in [1.807, 2.05) is 0 Å². The summed E-state index contributed by atoms with van der Waals surface area (Å²) < 4.78 is 82.0. The Morgan fingerprint density at radius 1 is 0.640 bits per heavy atom. The van der Waals surface area contributed by atoms with Crippen LogP contribution in [0.15, 0.2) is 71.7 Å². The maximum Gasteiger partial charge on any atom is 0.426 e. The van der Waals surface area contributed by atoms with Crippen LogP contribution in [0, 0.1) is 0 Å². The van der Waals surface area contributed by atoms with Crippen molar-refractivity contribution in [2.75, 3.05) is 0 Å². The highest BCUT2D eigenvalue weighted by molar-refractivity contribution is 6.16. The molecule has 0 unspecified atom stereocenters. The molecule has 0 amide bonds. The van der Waals surface area contributed by atoms with Gasteiger partial charge in [-0.2, -0.15) is 26.3 Å². The van der Waals surface area contributed by atoms with Crippen molar-refractivity contribution in [2.45, 2.75) is 17.9 Å². The van der Waals surface area contributed by atoms with Crippen LogP contribution in [-0.2, 0) is 0 Å². The quantitative estimate of drug-likeness (QED) is 0.637. The largest absolute Gasteiger partial charge is 0.426 e. The Kier molecular flexibility index (Phi) is 3.97. The van der Waals surface area contributed by atoms with E-state index in [1.165, 1.54) is 54.6 Å². The van der Waals surface area contributed by atoms with E-state index in [2.05, 4.69) is 4.99 Å². The summed E-state index contributed by atoms with van der Waals surface area (Å²) in [6, 6.07) is 14.2. The van der Waals surface area contributed by atoms with Crippen LogP contribution in [0.4, 0.5) is 26.3 Å². The molecular weight excluding hydrogens is 344 g/mol. The number of alkyl halides is 6. The summed E-state index contributed by atoms with van der Waals surface area (Å²) in [6.07, 6.45) is -10.4. The lowest BCUT2D eigenvalue weighted by atomic mass is 9.85. The molecule has 0 N–H and O–H groups in total. The van der Waals surface area contributed by atoms with Gasteiger partial charge >= 0.3 is 12.4 Å². The highest BCUT2D eigenvalue weighted by atomic mass is 19.4. The normalized spacial score (nSPS) is 17.2. The Hall–Kier alpha value is -2.57. The van der Waals surface area contributed by atoms with Gasteiger partial charge in [0, 0.05) is 5.57 Å². The summed E-state index contributed by atoms with van der Waals surface area (Å²) in [4.78, 5) is 3.16. The number of rotatable bonds is 2. The summed E-state index contributed by atoms with van der Waals surface area (Å²) in [7, 11) is 0. The van der Waals surface area contributed by atoms with Crippen LogP contribution in [0.2, 0.25) is 0 Å². The van der Waals surface area contributed by atoms with Crippen LogP contribution in [0.5, 0.6) is 0 Å². The van der Waals surface area contributed by atoms with Crippen molar-refractivity contribution in [3.63, 3.8) is 0 Å². The number of aliphatic imine (C=N–C) groups is 1. The zero-order valence-electron chi connectivity index (χ0n) is 12.6. The summed E-state index contributed by atoms with van der Waals surface area (Å²) in [6.45, 7) is 0. The number of halogens is 6. The van der Waals surface area contributed by atoms with E-state index in [1.54, 1.807) is 6.07 Å². The van der Waals surface area contributed by atoms with Gasteiger partial charge in [-0.15, -0.1) is 0 Å². The molecule has 2 aromatic carbocycles. The molecule has 0 aliphatic carbocycles. The first-order valence-corrected chi connectivity index (χ1v) is 7.23. The van der Waals surface area contributed by atoms with E-state index in [-0.39, 0.29) is 16.8 Å². The van der Waals surface area contributed by atoms with Crippen molar-refractivity contribution in [3.8, 4) is 0 Å². The molecule has 3 rings (SSSR count). The van der Waals surface area contributed by atoms with Gasteiger partial charge in [0.1, 0.15) is 0 Å². The van der Waals surface area contributed by atoms with E-state index in [0.29, 0.717) is 0 Å². The predicted molar refractivity (Wildman–Crippen MR) is 82.2 cm³/mol. The van der Waals surface area contributed by atoms with E-state index in [9.17, 15) is 26.3 Å². The molecule has 0 bridgehead atoms. The van der Waals surface area contributed by atoms with Crippen LogP contribution in [0.1, 0.15) is 11.1 Å². The number of hydrogen-bond donors (Lipinski definition) is 0. The minimum Gasteiger partial charge on any atom is -0.255 e. The van der Waals surface area contributed by atoms with Crippen molar-refractivity contribution in [1.29, 1.82) is 0 Å². The van der Waals surface area contributed by atoms with Crippen molar-refractivity contribution in [3.05, 3.63) is 77.9 Å². The molecular formula is C18H11F6N. The van der Waals surface area contributed by atoms with Gasteiger partial charge in [-0.1, -0.05) is 60.7 Å². The Balaban J connectivity index is 2.30. The first kappa shape index (κ1) is 17.3. The van der Waals surface area contributed by atoms with Gasteiger partial charge in [-0.3, -0.25) is 4.99 Å². The second-order valence-electron chi connectivity index (χ2n) is 5.49. The zero-order valence-corrected chi connectivity index (χ0v) is 12.6. The monoisotopic (exact) mass is 355 g/mol. The first-order chi connectivity index (χ1) is 11.7. The summed E-state index contributed by atoms with van der Waals surface area (Å²) in [5, 5.41) is 0. The Bertz CT molecular complexity index is 802. The van der Waals surface area contributed by atoms with Gasteiger partial charge < -0.3 is 0 Å². The second kappa shape index (κ2) is 5.75. The second-order valence-corrected chi connectivity index (χ2v) is 5.49. The molecule has 0 saturated carbocycles. The molecule has 25 heavy (non-hydrogen) atoms. The van der Waals surface area contributed by atoms with Crippen LogP contribution in [0.25, 0.3) is 5.57 Å². The molecule has 1 nitrogen and oxygen atoms in total. The summed E-state index contributed by atoms with van der Waals surface area (Å²) in [5.74, 6) is 0. The fraction of sp³-hybridized carbons (Fsp3) is 0.167. The molecule has 2 aromatic rings. The molecule has 1 aliphatic rings. The molecule has 7 heteroatoms. The van der Waals surface area contributed by atoms with Crippen LogP contribution in [0.3, 0.4) is 0 Å². The van der Waals surface area contributed by atoms with Crippen molar-refractivity contribution < 1.29 is 26.3 Å². The van der Waals surface area contributed by atoms with Gasteiger partial charge in [0.2, 0.25) is 0 Å². The zero-order chi connectivity index (χ0) is 18.3. The van der Waals surface area contributed by atoms with Crippen LogP contribution < -0.4 is 0 Å². The third-order valence-corrected chi connectivity index (χ3v) is 3.93. The number of nitrogens with zero attached hydrogens (tertiary/aromatic N) is 1. The third-order valence-electron chi connectivity index (χ3n) is 3.93. The van der Waals surface area contributed by atoms with E-state index in [4.69, 9.17) is 0 Å². The average Bonchev–Trinajstić information content (AvgIpc) is 2.98. The lowest BCUT2D eigenvalue weighted by Crippen LogP contribution is -2.55. The molecule has 0 aromatic heterocycles. The topological polar surface area (TPSA) is 12.4 Å². The number of hydrogen-bond acceptors (Lipinski definition) is 1. The molecule has 0 radical (unpaired) electrons. The minimum atomic E-state index is -5.64. The maximum atomic E-state index is 13.7. The fourth-order valence-corrected chi connectivity index (χ4v) is 2.77. The standard InChI is InChI=1S/C18H11F6N/c19-17(20,21)16(18(22,23)24)14(12-7-3-1-4-8-12)11-15(25-16)13-9-5-2-6-10-13/h1-11H. The third kappa shape index (κ3) is 2.73. The lowest BCUT2D eigenvalue weighted by molar-refractivity contribution is -0.273. The first-order valence-electron chi connectivity index (χ1n) is 7.23. The highest BCUT2D eigenvalue weighted by Crippen LogP contribution is 2.55. The summed E-state index contributed by atoms with van der Waals surface area (Å²) in [5.41, 5.74) is -5.55. The summed E-state index contributed by atoms with van der Waals surface area (Å²) >= 11 is 0. The molecule has 0 spiro atoms. The fourth-order valence-electron chi connectivity index (χ4n) is 2.77. The number of allylic oxidation sites excluding steroid dienone is 1. The van der Waals surface area contributed by atoms with Gasteiger partial charge in [-0.25, -0.2) is 0 Å². The molecule has 0 fully saturated rings. The Morgan fingerprint density at radius 3 is 1.52 bits per heavy atom. The van der Waals surface area contributed by atoms with E-state index < -0.39 is 23.5 Å². The Labute approximate surface area is 139 Å². The predicted octanol–water partition coefficient (Wildman–Crippen LogP) is 5.44.